The van der Waals surface area contributed by atoms with E-state index < -0.39 is 33.9 Å². The molecule has 0 amide bonds. The predicted molar refractivity (Wildman–Crippen MR) is 83.8 cm³/mol. The van der Waals surface area contributed by atoms with E-state index in [0.717, 1.165) is 0 Å². The minimum absolute atomic E-state index is 0.0902. The quantitative estimate of drug-likeness (QED) is 0.757. The number of sulfonamides is 1. The Morgan fingerprint density at radius 3 is 2.22 bits per heavy atom. The number of hydrogen-bond donors (Lipinski definition) is 2. The lowest BCUT2D eigenvalue weighted by molar-refractivity contribution is -0.140. The topological polar surface area (TPSA) is 110 Å². The van der Waals surface area contributed by atoms with E-state index in [1.165, 1.54) is 19.2 Å². The van der Waals surface area contributed by atoms with Gasteiger partial charge < -0.3 is 9.84 Å². The lowest BCUT2D eigenvalue weighted by Gasteiger charge is -2.19. The number of carboxylic acid groups (broad SMARTS) is 1. The van der Waals surface area contributed by atoms with Crippen molar-refractivity contribution in [1.29, 1.82) is 0 Å². The summed E-state index contributed by atoms with van der Waals surface area (Å²) in [6.07, 6.45) is 0. The summed E-state index contributed by atoms with van der Waals surface area (Å²) in [5, 5.41) is 9.16. The molecule has 0 fully saturated rings. The van der Waals surface area contributed by atoms with Crippen molar-refractivity contribution in [3.05, 3.63) is 28.8 Å². The minimum Gasteiger partial charge on any atom is -0.480 e. The van der Waals surface area contributed by atoms with Gasteiger partial charge in [-0.3, -0.25) is 4.79 Å². The third kappa shape index (κ3) is 4.29. The van der Waals surface area contributed by atoms with Crippen molar-refractivity contribution >= 4 is 22.0 Å². The number of carbonyl (C=O) groups excluding carboxylic acids is 1. The summed E-state index contributed by atoms with van der Waals surface area (Å²) in [6, 6.07) is 1.45. The van der Waals surface area contributed by atoms with Gasteiger partial charge in [-0.05, 0) is 43.0 Å². The molecule has 1 aromatic carbocycles. The maximum atomic E-state index is 12.6. The van der Waals surface area contributed by atoms with E-state index >= 15 is 0 Å². The number of aliphatic carboxylic acids is 1. The van der Waals surface area contributed by atoms with Crippen LogP contribution in [0, 0.1) is 19.8 Å². The molecule has 23 heavy (non-hydrogen) atoms. The third-order valence-electron chi connectivity index (χ3n) is 3.55. The first-order valence-corrected chi connectivity index (χ1v) is 8.44. The van der Waals surface area contributed by atoms with Crippen LogP contribution in [-0.4, -0.2) is 38.6 Å². The lowest BCUT2D eigenvalue weighted by Crippen LogP contribution is -2.44. The Bertz CT molecular complexity index is 724. The summed E-state index contributed by atoms with van der Waals surface area (Å²) in [6.45, 7) is 6.46. The molecule has 8 heteroatoms. The third-order valence-corrected chi connectivity index (χ3v) is 5.11. The van der Waals surface area contributed by atoms with E-state index in [4.69, 9.17) is 5.11 Å². The van der Waals surface area contributed by atoms with Gasteiger partial charge in [0, 0.05) is 0 Å². The number of nitrogens with one attached hydrogen (secondary N) is 1. The maximum absolute atomic E-state index is 12.6. The molecule has 0 unspecified atom stereocenters. The van der Waals surface area contributed by atoms with Crippen molar-refractivity contribution in [3.8, 4) is 0 Å². The standard InChI is InChI=1S/C15H21NO6S/c1-8(2)13(14(17)18)16-23(20,21)12-7-11(15(19)22-5)6-9(3)10(12)4/h6-8,13,16H,1-5H3,(H,17,18)/t13-/m0/s1. The molecule has 1 atom stereocenters. The molecular formula is C15H21NO6S. The summed E-state index contributed by atoms with van der Waals surface area (Å²) in [4.78, 5) is 22.8. The highest BCUT2D eigenvalue weighted by atomic mass is 32.2. The van der Waals surface area contributed by atoms with Gasteiger partial charge in [-0.25, -0.2) is 13.2 Å². The Kier molecular flexibility index (Phi) is 5.90. The Balaban J connectivity index is 3.40. The summed E-state index contributed by atoms with van der Waals surface area (Å²) in [5.41, 5.74) is 1.12. The molecule has 0 radical (unpaired) electrons. The van der Waals surface area contributed by atoms with Gasteiger partial charge in [-0.2, -0.15) is 4.72 Å². The number of hydrogen-bond acceptors (Lipinski definition) is 5. The molecule has 128 valence electrons. The van der Waals surface area contributed by atoms with Crippen molar-refractivity contribution in [2.75, 3.05) is 7.11 Å². The second-order valence-corrected chi connectivity index (χ2v) is 7.27. The molecule has 0 aromatic heterocycles. The highest BCUT2D eigenvalue weighted by Crippen LogP contribution is 2.22. The van der Waals surface area contributed by atoms with Gasteiger partial charge in [-0.1, -0.05) is 13.8 Å². The van der Waals surface area contributed by atoms with Crippen LogP contribution in [-0.2, 0) is 19.6 Å². The van der Waals surface area contributed by atoms with E-state index in [9.17, 15) is 18.0 Å². The largest absolute Gasteiger partial charge is 0.480 e. The first kappa shape index (κ1) is 19.1. The maximum Gasteiger partial charge on any atom is 0.337 e. The number of esters is 1. The zero-order valence-electron chi connectivity index (χ0n) is 13.7. The Morgan fingerprint density at radius 2 is 1.78 bits per heavy atom. The van der Waals surface area contributed by atoms with Gasteiger partial charge in [0.05, 0.1) is 17.6 Å². The van der Waals surface area contributed by atoms with Crippen LogP contribution in [0.2, 0.25) is 0 Å². The summed E-state index contributed by atoms with van der Waals surface area (Å²) in [5.74, 6) is -2.36. The van der Waals surface area contributed by atoms with E-state index in [0.29, 0.717) is 11.1 Å². The monoisotopic (exact) mass is 343 g/mol. The molecule has 0 bridgehead atoms. The molecule has 0 aliphatic carbocycles. The average Bonchev–Trinajstić information content (AvgIpc) is 2.45. The second kappa shape index (κ2) is 7.10. The van der Waals surface area contributed by atoms with Gasteiger partial charge in [0.15, 0.2) is 0 Å². The summed E-state index contributed by atoms with van der Waals surface area (Å²) >= 11 is 0. The van der Waals surface area contributed by atoms with Crippen molar-refractivity contribution in [2.45, 2.75) is 38.6 Å². The van der Waals surface area contributed by atoms with Gasteiger partial charge in [0.2, 0.25) is 10.0 Å². The Hall–Kier alpha value is -1.93. The highest BCUT2D eigenvalue weighted by Gasteiger charge is 2.29. The van der Waals surface area contributed by atoms with E-state index in [1.807, 2.05) is 0 Å². The molecule has 7 nitrogen and oxygen atoms in total. The van der Waals surface area contributed by atoms with Crippen molar-refractivity contribution in [3.63, 3.8) is 0 Å². The minimum atomic E-state index is -4.11. The fraction of sp³-hybridized carbons (Fsp3) is 0.467. The Morgan fingerprint density at radius 1 is 1.22 bits per heavy atom. The van der Waals surface area contributed by atoms with Gasteiger partial charge in [0.1, 0.15) is 6.04 Å². The van der Waals surface area contributed by atoms with Crippen LogP contribution in [0.3, 0.4) is 0 Å². The highest BCUT2D eigenvalue weighted by molar-refractivity contribution is 7.89. The number of ether oxygens (including phenoxy) is 1. The van der Waals surface area contributed by atoms with Gasteiger partial charge in [-0.15, -0.1) is 0 Å². The fourth-order valence-electron chi connectivity index (χ4n) is 2.04. The molecule has 0 saturated carbocycles. The van der Waals surface area contributed by atoms with Crippen molar-refractivity contribution in [2.24, 2.45) is 5.92 Å². The number of aryl methyl sites for hydroxylation is 1. The van der Waals surface area contributed by atoms with Crippen LogP contribution in [0.1, 0.15) is 35.3 Å². The fourth-order valence-corrected chi connectivity index (χ4v) is 3.72. The predicted octanol–water partition coefficient (Wildman–Crippen LogP) is 1.48. The SMILES string of the molecule is COC(=O)c1cc(C)c(C)c(S(=O)(=O)N[C@H](C(=O)O)C(C)C)c1. The van der Waals surface area contributed by atoms with Crippen molar-refractivity contribution < 1.29 is 27.9 Å². The van der Waals surface area contributed by atoms with Crippen LogP contribution in [0.4, 0.5) is 0 Å². The first-order valence-electron chi connectivity index (χ1n) is 6.96. The molecule has 1 aromatic rings. The molecule has 0 aliphatic heterocycles. The van der Waals surface area contributed by atoms with E-state index in [2.05, 4.69) is 9.46 Å². The van der Waals surface area contributed by atoms with Crippen LogP contribution < -0.4 is 4.72 Å². The summed E-state index contributed by atoms with van der Waals surface area (Å²) < 4.78 is 31.9. The van der Waals surface area contributed by atoms with Crippen LogP contribution in [0.5, 0.6) is 0 Å². The number of carbonyl (C=O) groups is 2. The number of methoxy groups -OCH3 is 1. The van der Waals surface area contributed by atoms with Crippen LogP contribution in [0.25, 0.3) is 0 Å². The smallest absolute Gasteiger partial charge is 0.337 e. The number of carboxylic acids is 1. The molecule has 0 aliphatic rings. The van der Waals surface area contributed by atoms with Crippen molar-refractivity contribution in [1.82, 2.24) is 4.72 Å². The zero-order valence-corrected chi connectivity index (χ0v) is 14.5. The van der Waals surface area contributed by atoms with E-state index in [1.54, 1.807) is 27.7 Å². The average molecular weight is 343 g/mol. The number of benzene rings is 1. The first-order chi connectivity index (χ1) is 10.5. The molecule has 0 heterocycles. The lowest BCUT2D eigenvalue weighted by atomic mass is 10.1. The molecule has 0 spiro atoms. The number of rotatable bonds is 6. The summed E-state index contributed by atoms with van der Waals surface area (Å²) in [7, 11) is -2.91. The van der Waals surface area contributed by atoms with E-state index in [-0.39, 0.29) is 10.5 Å². The Labute approximate surface area is 135 Å². The molecular weight excluding hydrogens is 322 g/mol. The molecule has 2 N–H and O–H groups in total. The molecule has 1 rings (SSSR count). The molecule has 0 saturated heterocycles. The second-order valence-electron chi connectivity index (χ2n) is 5.59. The van der Waals surface area contributed by atoms with Crippen LogP contribution >= 0.6 is 0 Å². The zero-order chi connectivity index (χ0) is 17.9. The van der Waals surface area contributed by atoms with Crippen LogP contribution in [0.15, 0.2) is 17.0 Å². The van der Waals surface area contributed by atoms with Gasteiger partial charge in [0.25, 0.3) is 0 Å². The van der Waals surface area contributed by atoms with Gasteiger partial charge >= 0.3 is 11.9 Å². The normalized spacial score (nSPS) is 13.0.